The van der Waals surface area contributed by atoms with Crippen molar-refractivity contribution in [3.63, 3.8) is 0 Å². The number of amides is 1. The molecule has 0 saturated carbocycles. The lowest BCUT2D eigenvalue weighted by atomic mass is 10.2. The van der Waals surface area contributed by atoms with Gasteiger partial charge >= 0.3 is 6.61 Å². The van der Waals surface area contributed by atoms with Gasteiger partial charge in [0.25, 0.3) is 5.91 Å². The molecule has 1 amide bonds. The number of anilines is 1. The van der Waals surface area contributed by atoms with Gasteiger partial charge in [0.05, 0.1) is 17.8 Å². The Morgan fingerprint density at radius 1 is 1.27 bits per heavy atom. The first-order valence-corrected chi connectivity index (χ1v) is 7.53. The molecule has 0 aliphatic carbocycles. The largest absolute Gasteiger partial charge is 0.434 e. The monoisotopic (exact) mass is 359 g/mol. The number of carbonyl (C=O) groups is 1. The maximum Gasteiger partial charge on any atom is 0.387 e. The molecule has 2 aromatic carbocycles. The van der Waals surface area contributed by atoms with Crippen molar-refractivity contribution in [3.05, 3.63) is 59.7 Å². The van der Waals surface area contributed by atoms with Crippen molar-refractivity contribution < 1.29 is 23.1 Å². The molecule has 134 valence electrons. The SMILES string of the molecule is CC(ON=Cc1ccccc1OC(F)F)C(=O)Nc1cccc(C#N)c1. The summed E-state index contributed by atoms with van der Waals surface area (Å²) in [4.78, 5) is 17.1. The van der Waals surface area contributed by atoms with Gasteiger partial charge in [0.1, 0.15) is 5.75 Å². The molecule has 8 heteroatoms. The van der Waals surface area contributed by atoms with Crippen LogP contribution in [0, 0.1) is 11.3 Å². The van der Waals surface area contributed by atoms with E-state index in [0.717, 1.165) is 0 Å². The van der Waals surface area contributed by atoms with E-state index in [1.165, 1.54) is 31.3 Å². The molecule has 1 N–H and O–H groups in total. The Hall–Kier alpha value is -3.47. The smallest absolute Gasteiger partial charge is 0.387 e. The number of para-hydroxylation sites is 1. The van der Waals surface area contributed by atoms with Crippen LogP contribution in [0.4, 0.5) is 14.5 Å². The van der Waals surface area contributed by atoms with Crippen molar-refractivity contribution in [2.45, 2.75) is 19.6 Å². The summed E-state index contributed by atoms with van der Waals surface area (Å²) in [6.45, 7) is -1.48. The van der Waals surface area contributed by atoms with Gasteiger partial charge in [-0.05, 0) is 37.3 Å². The Kier molecular flexibility index (Phi) is 6.62. The zero-order valence-corrected chi connectivity index (χ0v) is 13.7. The van der Waals surface area contributed by atoms with Crippen molar-refractivity contribution in [3.8, 4) is 11.8 Å². The molecule has 0 aliphatic rings. The third-order valence-corrected chi connectivity index (χ3v) is 3.17. The predicted molar refractivity (Wildman–Crippen MR) is 91.0 cm³/mol. The molecule has 1 atom stereocenters. The fourth-order valence-electron chi connectivity index (χ4n) is 1.93. The van der Waals surface area contributed by atoms with Gasteiger partial charge in [-0.2, -0.15) is 14.0 Å². The highest BCUT2D eigenvalue weighted by Crippen LogP contribution is 2.18. The molecule has 6 nitrogen and oxygen atoms in total. The second-order valence-corrected chi connectivity index (χ2v) is 5.08. The normalized spacial score (nSPS) is 11.8. The van der Waals surface area contributed by atoms with Crippen molar-refractivity contribution >= 4 is 17.8 Å². The van der Waals surface area contributed by atoms with Crippen molar-refractivity contribution in [1.29, 1.82) is 5.26 Å². The molecule has 1 unspecified atom stereocenters. The van der Waals surface area contributed by atoms with Gasteiger partial charge in [-0.3, -0.25) is 4.79 Å². The van der Waals surface area contributed by atoms with Crippen molar-refractivity contribution in [2.24, 2.45) is 5.16 Å². The number of nitrogens with zero attached hydrogens (tertiary/aromatic N) is 2. The van der Waals surface area contributed by atoms with Gasteiger partial charge in [0, 0.05) is 11.3 Å². The first-order valence-electron chi connectivity index (χ1n) is 7.53. The Labute approximate surface area is 148 Å². The highest BCUT2D eigenvalue weighted by atomic mass is 19.3. The van der Waals surface area contributed by atoms with E-state index >= 15 is 0 Å². The van der Waals surface area contributed by atoms with Gasteiger partial charge in [-0.1, -0.05) is 23.4 Å². The first-order chi connectivity index (χ1) is 12.5. The minimum Gasteiger partial charge on any atom is -0.434 e. The van der Waals surface area contributed by atoms with Crippen LogP contribution in [0.2, 0.25) is 0 Å². The fourth-order valence-corrected chi connectivity index (χ4v) is 1.93. The molecule has 0 bridgehead atoms. The lowest BCUT2D eigenvalue weighted by Gasteiger charge is -2.11. The minimum atomic E-state index is -2.96. The molecule has 2 aromatic rings. The number of oxime groups is 1. The molecule has 0 aromatic heterocycles. The molecular formula is C18H15F2N3O3. The number of hydrogen-bond donors (Lipinski definition) is 1. The zero-order chi connectivity index (χ0) is 18.9. The van der Waals surface area contributed by atoms with E-state index in [1.807, 2.05) is 6.07 Å². The summed E-state index contributed by atoms with van der Waals surface area (Å²) in [6, 6.07) is 14.4. The number of hydrogen-bond acceptors (Lipinski definition) is 5. The number of carbonyl (C=O) groups excluding carboxylic acids is 1. The maximum atomic E-state index is 12.3. The lowest BCUT2D eigenvalue weighted by Crippen LogP contribution is -2.26. The number of rotatable bonds is 7. The summed E-state index contributed by atoms with van der Waals surface area (Å²) in [5.41, 5.74) is 1.14. The highest BCUT2D eigenvalue weighted by Gasteiger charge is 2.14. The van der Waals surface area contributed by atoms with Crippen LogP contribution in [0.1, 0.15) is 18.1 Å². The fraction of sp³-hybridized carbons (Fsp3) is 0.167. The number of nitriles is 1. The molecule has 0 heterocycles. The molecule has 0 fully saturated rings. The Balaban J connectivity index is 1.95. The Morgan fingerprint density at radius 3 is 2.77 bits per heavy atom. The number of ether oxygens (including phenoxy) is 1. The topological polar surface area (TPSA) is 83.7 Å². The van der Waals surface area contributed by atoms with E-state index in [9.17, 15) is 13.6 Å². The van der Waals surface area contributed by atoms with Gasteiger partial charge in [0.15, 0.2) is 0 Å². The number of alkyl halides is 2. The van der Waals surface area contributed by atoms with E-state index in [-0.39, 0.29) is 11.3 Å². The van der Waals surface area contributed by atoms with Gasteiger partial charge < -0.3 is 14.9 Å². The van der Waals surface area contributed by atoms with Crippen molar-refractivity contribution in [2.75, 3.05) is 5.32 Å². The van der Waals surface area contributed by atoms with Crippen LogP contribution in [-0.4, -0.2) is 24.8 Å². The first kappa shape index (κ1) is 18.9. The van der Waals surface area contributed by atoms with E-state index in [1.54, 1.807) is 30.3 Å². The molecule has 2 rings (SSSR count). The molecule has 0 saturated heterocycles. The quantitative estimate of drug-likeness (QED) is 0.605. The van der Waals surface area contributed by atoms with E-state index in [0.29, 0.717) is 11.3 Å². The number of benzene rings is 2. The van der Waals surface area contributed by atoms with Gasteiger partial charge in [-0.25, -0.2) is 0 Å². The maximum absolute atomic E-state index is 12.3. The zero-order valence-electron chi connectivity index (χ0n) is 13.7. The summed E-state index contributed by atoms with van der Waals surface area (Å²) in [6.07, 6.45) is 0.234. The Morgan fingerprint density at radius 2 is 2.04 bits per heavy atom. The van der Waals surface area contributed by atoms with Crippen LogP contribution in [0.3, 0.4) is 0 Å². The Bertz CT molecular complexity index is 834. The van der Waals surface area contributed by atoms with E-state index in [4.69, 9.17) is 10.1 Å². The summed E-state index contributed by atoms with van der Waals surface area (Å²) in [5, 5.41) is 15.1. The third kappa shape index (κ3) is 5.56. The molecule has 0 radical (unpaired) electrons. The van der Waals surface area contributed by atoms with Crippen LogP contribution in [0.5, 0.6) is 5.75 Å². The standard InChI is InChI=1S/C18H15F2N3O3/c1-12(17(24)23-15-7-4-5-13(9-15)10-21)26-22-11-14-6-2-3-8-16(14)25-18(19)20/h2-9,11-12,18H,1H3,(H,23,24). The summed E-state index contributed by atoms with van der Waals surface area (Å²) < 4.78 is 29.1. The van der Waals surface area contributed by atoms with Crippen LogP contribution < -0.4 is 10.1 Å². The van der Waals surface area contributed by atoms with E-state index < -0.39 is 18.6 Å². The van der Waals surface area contributed by atoms with Crippen LogP contribution in [-0.2, 0) is 9.63 Å². The molecular weight excluding hydrogens is 344 g/mol. The van der Waals surface area contributed by atoms with Crippen molar-refractivity contribution in [1.82, 2.24) is 0 Å². The molecule has 0 spiro atoms. The van der Waals surface area contributed by atoms with Gasteiger partial charge in [0.2, 0.25) is 6.10 Å². The lowest BCUT2D eigenvalue weighted by molar-refractivity contribution is -0.126. The summed E-state index contributed by atoms with van der Waals surface area (Å²) in [5.74, 6) is -0.533. The van der Waals surface area contributed by atoms with Crippen LogP contribution in [0.15, 0.2) is 53.7 Å². The van der Waals surface area contributed by atoms with E-state index in [2.05, 4.69) is 15.2 Å². The molecule has 0 aliphatic heterocycles. The van der Waals surface area contributed by atoms with Gasteiger partial charge in [-0.15, -0.1) is 0 Å². The summed E-state index contributed by atoms with van der Waals surface area (Å²) in [7, 11) is 0. The van der Waals surface area contributed by atoms with Crippen LogP contribution >= 0.6 is 0 Å². The second kappa shape index (κ2) is 9.13. The number of nitrogens with one attached hydrogen (secondary N) is 1. The average Bonchev–Trinajstić information content (AvgIpc) is 2.62. The summed E-state index contributed by atoms with van der Waals surface area (Å²) >= 11 is 0. The third-order valence-electron chi connectivity index (χ3n) is 3.17. The molecule has 26 heavy (non-hydrogen) atoms. The van der Waals surface area contributed by atoms with Crippen LogP contribution in [0.25, 0.3) is 0 Å². The minimum absolute atomic E-state index is 0.0553. The average molecular weight is 359 g/mol. The highest BCUT2D eigenvalue weighted by molar-refractivity contribution is 5.94. The second-order valence-electron chi connectivity index (χ2n) is 5.08. The number of halogens is 2. The predicted octanol–water partition coefficient (Wildman–Crippen LogP) is 3.54.